The molecule has 10 nitrogen and oxygen atoms in total. The van der Waals surface area contributed by atoms with Crippen LogP contribution in [0.25, 0.3) is 0 Å². The number of hydrogen-bond donors (Lipinski definition) is 3. The number of carbonyl (C=O) groups excluding carboxylic acids is 3. The Bertz CT molecular complexity index is 968. The Morgan fingerprint density at radius 1 is 1.30 bits per heavy atom. The van der Waals surface area contributed by atoms with Crippen molar-refractivity contribution in [3.63, 3.8) is 0 Å². The van der Waals surface area contributed by atoms with Crippen molar-refractivity contribution in [3.8, 4) is 0 Å². The summed E-state index contributed by atoms with van der Waals surface area (Å²) in [6.07, 6.45) is -0.109. The van der Waals surface area contributed by atoms with Crippen molar-refractivity contribution in [1.29, 1.82) is 0 Å². The molecule has 4 rings (SSSR count). The van der Waals surface area contributed by atoms with Crippen LogP contribution in [0, 0.1) is 22.7 Å². The molecule has 9 atom stereocenters. The average Bonchev–Trinajstić information content (AvgIpc) is 3.50. The smallest absolute Gasteiger partial charge is 0.331 e. The number of esters is 3. The second-order valence-corrected chi connectivity index (χ2v) is 11.7. The first kappa shape index (κ1) is 28.0. The number of carbonyl (C=O) groups is 3. The molecule has 2 saturated carbocycles. The van der Waals surface area contributed by atoms with Crippen LogP contribution in [0.5, 0.6) is 0 Å². The molecule has 4 aliphatic rings. The van der Waals surface area contributed by atoms with Gasteiger partial charge in [0, 0.05) is 24.8 Å². The normalized spacial score (nSPS) is 42.3. The number of fused-ring (bicyclic) bond motifs is 2. The molecule has 3 N–H and O–H groups in total. The summed E-state index contributed by atoms with van der Waals surface area (Å²) in [6.45, 7) is 7.92. The monoisotopic (exact) mass is 524 g/mol. The van der Waals surface area contributed by atoms with Crippen molar-refractivity contribution in [2.75, 3.05) is 19.8 Å². The number of cyclic esters (lactones) is 1. The van der Waals surface area contributed by atoms with E-state index in [4.69, 9.17) is 18.9 Å². The molecule has 0 aromatic carbocycles. The average molecular weight is 525 g/mol. The van der Waals surface area contributed by atoms with Crippen molar-refractivity contribution in [3.05, 3.63) is 11.6 Å². The summed E-state index contributed by atoms with van der Waals surface area (Å²) in [6, 6.07) is 0. The van der Waals surface area contributed by atoms with Crippen molar-refractivity contribution < 1.29 is 48.7 Å². The van der Waals surface area contributed by atoms with Gasteiger partial charge in [0.05, 0.1) is 24.5 Å². The molecule has 0 bridgehead atoms. The summed E-state index contributed by atoms with van der Waals surface area (Å²) >= 11 is 0. The van der Waals surface area contributed by atoms with E-state index in [9.17, 15) is 29.7 Å². The lowest BCUT2D eigenvalue weighted by atomic mass is 9.40. The number of aliphatic hydroxyl groups excluding tert-OH is 2. The summed E-state index contributed by atoms with van der Waals surface area (Å²) < 4.78 is 22.7. The van der Waals surface area contributed by atoms with Gasteiger partial charge in [-0.3, -0.25) is 9.59 Å². The van der Waals surface area contributed by atoms with Gasteiger partial charge in [-0.05, 0) is 37.7 Å². The maximum atomic E-state index is 13.0. The predicted octanol–water partition coefficient (Wildman–Crippen LogP) is 1.43. The first-order valence-electron chi connectivity index (χ1n) is 13.2. The van der Waals surface area contributed by atoms with Gasteiger partial charge in [0.25, 0.3) is 0 Å². The number of rotatable bonds is 8. The molecule has 3 fully saturated rings. The second-order valence-electron chi connectivity index (χ2n) is 11.7. The van der Waals surface area contributed by atoms with Crippen LogP contribution < -0.4 is 0 Å². The van der Waals surface area contributed by atoms with Gasteiger partial charge < -0.3 is 34.3 Å². The van der Waals surface area contributed by atoms with Crippen LogP contribution in [0.4, 0.5) is 0 Å². The summed E-state index contributed by atoms with van der Waals surface area (Å²) in [4.78, 5) is 37.1. The lowest BCUT2D eigenvalue weighted by molar-refractivity contribution is -0.326. The molecule has 2 aliphatic heterocycles. The molecular formula is C27H40O10. The Morgan fingerprint density at radius 3 is 2.49 bits per heavy atom. The molecule has 0 radical (unpaired) electrons. The van der Waals surface area contributed by atoms with Crippen LogP contribution in [0.3, 0.4) is 0 Å². The van der Waals surface area contributed by atoms with Gasteiger partial charge in [-0.25, -0.2) is 4.79 Å². The lowest BCUT2D eigenvalue weighted by Crippen LogP contribution is -2.79. The summed E-state index contributed by atoms with van der Waals surface area (Å²) in [5.41, 5.74) is -4.76. The maximum Gasteiger partial charge on any atom is 0.331 e. The molecule has 1 spiro atoms. The van der Waals surface area contributed by atoms with E-state index in [1.54, 1.807) is 13.8 Å². The molecule has 1 unspecified atom stereocenters. The minimum atomic E-state index is -1.89. The molecule has 0 amide bonds. The maximum absolute atomic E-state index is 13.0. The third kappa shape index (κ3) is 4.11. The highest BCUT2D eigenvalue weighted by atomic mass is 16.6. The Hall–Kier alpha value is -2.01. The fourth-order valence-corrected chi connectivity index (χ4v) is 7.28. The van der Waals surface area contributed by atoms with E-state index >= 15 is 0 Å². The molecule has 37 heavy (non-hydrogen) atoms. The molecule has 0 aromatic heterocycles. The highest BCUT2D eigenvalue weighted by Crippen LogP contribution is 2.70. The quantitative estimate of drug-likeness (QED) is 0.241. The fourth-order valence-electron chi connectivity index (χ4n) is 7.28. The first-order chi connectivity index (χ1) is 17.3. The molecule has 1 saturated heterocycles. The third-order valence-corrected chi connectivity index (χ3v) is 9.89. The minimum Gasteiger partial charge on any atom is -0.462 e. The van der Waals surface area contributed by atoms with Crippen LogP contribution in [0.15, 0.2) is 11.6 Å². The zero-order valence-electron chi connectivity index (χ0n) is 22.3. The van der Waals surface area contributed by atoms with Gasteiger partial charge in [-0.2, -0.15) is 0 Å². The third-order valence-electron chi connectivity index (χ3n) is 9.89. The summed E-state index contributed by atoms with van der Waals surface area (Å²) in [7, 11) is 0. The number of epoxide rings is 1. The van der Waals surface area contributed by atoms with Crippen molar-refractivity contribution in [2.45, 2.75) is 96.2 Å². The molecular weight excluding hydrogens is 484 g/mol. The van der Waals surface area contributed by atoms with Crippen molar-refractivity contribution in [1.82, 2.24) is 0 Å². The molecule has 2 heterocycles. The standard InChI is InChI=1S/C27H40O10/c1-6-15(2)23(32)37-22-21(31)27(13-28)18(8-7-9-26(27)14-35-26)24(4,25(22,5)33)19(36-16(3)29)10-17-11-20(30)34-12-17/h11,15,18-19,21-22,28,31,33H,6-10,12-14H2,1-5H3/t15?,18-,19+,21+,22+,24+,25+,26+,27+/m1/s1. The Morgan fingerprint density at radius 2 is 1.97 bits per heavy atom. The van der Waals surface area contributed by atoms with Gasteiger partial charge in [-0.15, -0.1) is 0 Å². The van der Waals surface area contributed by atoms with E-state index in [-0.39, 0.29) is 13.0 Å². The lowest BCUT2D eigenvalue weighted by Gasteiger charge is -2.67. The Balaban J connectivity index is 1.89. The van der Waals surface area contributed by atoms with E-state index in [2.05, 4.69) is 0 Å². The number of ether oxygens (including phenoxy) is 4. The summed E-state index contributed by atoms with van der Waals surface area (Å²) in [5, 5.41) is 35.2. The zero-order chi connectivity index (χ0) is 27.4. The van der Waals surface area contributed by atoms with E-state index in [1.807, 2.05) is 6.92 Å². The van der Waals surface area contributed by atoms with Crippen LogP contribution in [-0.4, -0.2) is 82.6 Å². The van der Waals surface area contributed by atoms with E-state index in [0.29, 0.717) is 37.9 Å². The SMILES string of the molecule is CCC(C)C(=O)O[C@H]1[C@H](O)[C@]2(CO)[C@H](CCC[C@]23CO3)[C@@](C)([C@H](CC2=CC(=O)OC2)OC(C)=O)[C@@]1(C)O. The van der Waals surface area contributed by atoms with Gasteiger partial charge >= 0.3 is 17.9 Å². The van der Waals surface area contributed by atoms with Crippen LogP contribution >= 0.6 is 0 Å². The largest absolute Gasteiger partial charge is 0.462 e. The van der Waals surface area contributed by atoms with Gasteiger partial charge in [-0.1, -0.05) is 27.2 Å². The number of aliphatic hydroxyl groups is 3. The highest BCUT2D eigenvalue weighted by Gasteiger charge is 2.80. The molecule has 2 aliphatic carbocycles. The Kier molecular flexibility index (Phi) is 7.29. The van der Waals surface area contributed by atoms with Gasteiger partial charge in [0.2, 0.25) is 0 Å². The van der Waals surface area contributed by atoms with Crippen LogP contribution in [-0.2, 0) is 33.3 Å². The molecule has 0 aromatic rings. The molecule has 208 valence electrons. The number of hydrogen-bond acceptors (Lipinski definition) is 10. The highest BCUT2D eigenvalue weighted by molar-refractivity contribution is 5.85. The van der Waals surface area contributed by atoms with Crippen LogP contribution in [0.1, 0.15) is 66.7 Å². The van der Waals surface area contributed by atoms with E-state index in [1.165, 1.54) is 19.9 Å². The van der Waals surface area contributed by atoms with Crippen molar-refractivity contribution >= 4 is 17.9 Å². The predicted molar refractivity (Wildman–Crippen MR) is 129 cm³/mol. The molecule has 10 heteroatoms. The van der Waals surface area contributed by atoms with Gasteiger partial charge in [0.1, 0.15) is 30.0 Å². The van der Waals surface area contributed by atoms with Crippen LogP contribution in [0.2, 0.25) is 0 Å². The Labute approximate surface area is 217 Å². The first-order valence-corrected chi connectivity index (χ1v) is 13.2. The topological polar surface area (TPSA) is 152 Å². The van der Waals surface area contributed by atoms with E-state index < -0.39 is 76.7 Å². The second kappa shape index (κ2) is 9.63. The van der Waals surface area contributed by atoms with Crippen molar-refractivity contribution in [2.24, 2.45) is 22.7 Å². The fraction of sp³-hybridized carbons (Fsp3) is 0.815. The van der Waals surface area contributed by atoms with Gasteiger partial charge in [0.15, 0.2) is 6.10 Å². The minimum absolute atomic E-state index is 0.0345. The van der Waals surface area contributed by atoms with E-state index in [0.717, 1.165) is 0 Å². The zero-order valence-corrected chi connectivity index (χ0v) is 22.3. The summed E-state index contributed by atoms with van der Waals surface area (Å²) in [5.74, 6) is -2.72.